The van der Waals surface area contributed by atoms with Crippen LogP contribution < -0.4 is 16.4 Å². The summed E-state index contributed by atoms with van der Waals surface area (Å²) in [7, 11) is 0. The van der Waals surface area contributed by atoms with Gasteiger partial charge in [-0.25, -0.2) is 0 Å². The molecule has 0 saturated carbocycles. The van der Waals surface area contributed by atoms with Gasteiger partial charge in [0.15, 0.2) is 0 Å². The summed E-state index contributed by atoms with van der Waals surface area (Å²) < 4.78 is 0. The van der Waals surface area contributed by atoms with E-state index in [1.165, 1.54) is 0 Å². The van der Waals surface area contributed by atoms with E-state index in [9.17, 15) is 9.59 Å². The Balaban J connectivity index is 2.37. The second-order valence-corrected chi connectivity index (χ2v) is 4.76. The molecular weight excluding hydrogens is 254 g/mol. The van der Waals surface area contributed by atoms with Gasteiger partial charge in [0, 0.05) is 6.54 Å². The molecule has 0 aromatic heterocycles. The number of carbonyl (C=O) groups excluding carboxylic acids is 2. The first-order valence-corrected chi connectivity index (χ1v) is 6.92. The van der Waals surface area contributed by atoms with E-state index in [1.807, 2.05) is 37.3 Å². The number of carbonyl (C=O) groups is 2. The predicted molar refractivity (Wildman–Crippen MR) is 79.0 cm³/mol. The van der Waals surface area contributed by atoms with Crippen LogP contribution in [0.15, 0.2) is 30.3 Å². The molecule has 0 spiro atoms. The topological polar surface area (TPSA) is 84.2 Å². The smallest absolute Gasteiger partial charge is 0.242 e. The molecule has 110 valence electrons. The van der Waals surface area contributed by atoms with Gasteiger partial charge in [0.25, 0.3) is 0 Å². The Hall–Kier alpha value is -1.88. The first-order valence-electron chi connectivity index (χ1n) is 6.92. The third-order valence-electron chi connectivity index (χ3n) is 3.03. The van der Waals surface area contributed by atoms with E-state index >= 15 is 0 Å². The maximum absolute atomic E-state index is 11.9. The molecule has 0 aliphatic heterocycles. The van der Waals surface area contributed by atoms with Crippen molar-refractivity contribution in [3.05, 3.63) is 35.9 Å². The zero-order valence-corrected chi connectivity index (χ0v) is 12.1. The van der Waals surface area contributed by atoms with Crippen molar-refractivity contribution >= 4 is 11.8 Å². The second kappa shape index (κ2) is 8.32. The Bertz CT molecular complexity index is 434. The highest BCUT2D eigenvalue weighted by atomic mass is 16.2. The van der Waals surface area contributed by atoms with Gasteiger partial charge < -0.3 is 16.4 Å². The van der Waals surface area contributed by atoms with Crippen molar-refractivity contribution in [1.82, 2.24) is 10.6 Å². The molecule has 1 aromatic carbocycles. The number of rotatable bonds is 7. The minimum absolute atomic E-state index is 0.198. The molecule has 0 aliphatic rings. The lowest BCUT2D eigenvalue weighted by Crippen LogP contribution is -2.50. The van der Waals surface area contributed by atoms with Gasteiger partial charge in [0.1, 0.15) is 6.04 Å². The van der Waals surface area contributed by atoms with Crippen molar-refractivity contribution in [2.24, 2.45) is 5.73 Å². The summed E-state index contributed by atoms with van der Waals surface area (Å²) in [6.07, 6.45) is 1.29. The molecule has 0 radical (unpaired) electrons. The molecule has 1 unspecified atom stereocenters. The summed E-state index contributed by atoms with van der Waals surface area (Å²) in [5.41, 5.74) is 6.99. The molecule has 1 rings (SSSR count). The monoisotopic (exact) mass is 277 g/mol. The van der Waals surface area contributed by atoms with E-state index in [2.05, 4.69) is 10.6 Å². The van der Waals surface area contributed by atoms with Gasteiger partial charge in [-0.05, 0) is 32.3 Å². The molecule has 0 heterocycles. The molecular formula is C15H23N3O2. The summed E-state index contributed by atoms with van der Waals surface area (Å²) in [5, 5.41) is 5.28. The van der Waals surface area contributed by atoms with Crippen LogP contribution in [0.2, 0.25) is 0 Å². The molecule has 0 fully saturated rings. The lowest BCUT2D eigenvalue weighted by atomic mass is 10.1. The number of amides is 2. The van der Waals surface area contributed by atoms with E-state index in [4.69, 9.17) is 5.73 Å². The molecule has 20 heavy (non-hydrogen) atoms. The highest BCUT2D eigenvalue weighted by Crippen LogP contribution is 2.04. The number of aryl methyl sites for hydroxylation is 1. The summed E-state index contributed by atoms with van der Waals surface area (Å²) >= 11 is 0. The van der Waals surface area contributed by atoms with Crippen molar-refractivity contribution in [2.75, 3.05) is 6.54 Å². The Labute approximate surface area is 119 Å². The van der Waals surface area contributed by atoms with E-state index < -0.39 is 12.1 Å². The highest BCUT2D eigenvalue weighted by molar-refractivity contribution is 5.89. The zero-order valence-electron chi connectivity index (χ0n) is 12.1. The van der Waals surface area contributed by atoms with Crippen LogP contribution in [-0.2, 0) is 16.0 Å². The normalized spacial score (nSPS) is 13.3. The molecule has 0 saturated heterocycles. The van der Waals surface area contributed by atoms with Gasteiger partial charge in [0.05, 0.1) is 6.04 Å². The van der Waals surface area contributed by atoms with Crippen LogP contribution in [0.25, 0.3) is 0 Å². The highest BCUT2D eigenvalue weighted by Gasteiger charge is 2.19. The quantitative estimate of drug-likeness (QED) is 0.682. The van der Waals surface area contributed by atoms with Crippen molar-refractivity contribution in [3.8, 4) is 0 Å². The Morgan fingerprint density at radius 1 is 1.20 bits per heavy atom. The van der Waals surface area contributed by atoms with Crippen molar-refractivity contribution in [1.29, 1.82) is 0 Å². The molecule has 2 amide bonds. The molecule has 5 nitrogen and oxygen atoms in total. The van der Waals surface area contributed by atoms with E-state index in [0.717, 1.165) is 12.0 Å². The van der Waals surface area contributed by atoms with Crippen LogP contribution in [-0.4, -0.2) is 30.4 Å². The van der Waals surface area contributed by atoms with E-state index in [1.54, 1.807) is 6.92 Å². The summed E-state index contributed by atoms with van der Waals surface area (Å²) in [4.78, 5) is 23.4. The van der Waals surface area contributed by atoms with Crippen molar-refractivity contribution < 1.29 is 9.59 Å². The van der Waals surface area contributed by atoms with Gasteiger partial charge >= 0.3 is 0 Å². The van der Waals surface area contributed by atoms with Crippen LogP contribution in [0, 0.1) is 0 Å². The number of nitrogens with two attached hydrogens (primary N) is 1. The summed E-state index contributed by atoms with van der Waals surface area (Å²) in [6.45, 7) is 4.02. The summed E-state index contributed by atoms with van der Waals surface area (Å²) in [5.74, 6) is -0.490. The van der Waals surface area contributed by atoms with Crippen LogP contribution in [0.4, 0.5) is 0 Å². The van der Waals surface area contributed by atoms with Crippen LogP contribution in [0.1, 0.15) is 25.8 Å². The van der Waals surface area contributed by atoms with Gasteiger partial charge in [-0.1, -0.05) is 30.3 Å². The average molecular weight is 277 g/mol. The third kappa shape index (κ3) is 5.40. The van der Waals surface area contributed by atoms with Crippen LogP contribution in [0.3, 0.4) is 0 Å². The number of likely N-dealkylation sites (N-methyl/N-ethyl adjacent to an activating group) is 1. The Morgan fingerprint density at radius 2 is 1.85 bits per heavy atom. The van der Waals surface area contributed by atoms with E-state index in [0.29, 0.717) is 13.0 Å². The van der Waals surface area contributed by atoms with Gasteiger partial charge in [-0.15, -0.1) is 0 Å². The number of nitrogens with one attached hydrogen (secondary N) is 2. The number of benzene rings is 1. The number of hydrogen-bond donors (Lipinski definition) is 3. The maximum atomic E-state index is 11.9. The predicted octanol–water partition coefficient (Wildman–Crippen LogP) is 0.587. The van der Waals surface area contributed by atoms with Gasteiger partial charge in [-0.2, -0.15) is 0 Å². The molecule has 0 bridgehead atoms. The molecule has 2 atom stereocenters. The molecule has 4 N–H and O–H groups in total. The minimum atomic E-state index is -0.605. The third-order valence-corrected chi connectivity index (χ3v) is 3.03. The SMILES string of the molecule is CCNC(=O)C(C)NC(=O)[C@@H](N)CCc1ccccc1. The average Bonchev–Trinajstić information content (AvgIpc) is 2.45. The van der Waals surface area contributed by atoms with Crippen LogP contribution >= 0.6 is 0 Å². The Morgan fingerprint density at radius 3 is 2.45 bits per heavy atom. The largest absolute Gasteiger partial charge is 0.355 e. The number of hydrogen-bond acceptors (Lipinski definition) is 3. The van der Waals surface area contributed by atoms with Crippen molar-refractivity contribution in [2.45, 2.75) is 38.8 Å². The van der Waals surface area contributed by atoms with Gasteiger partial charge in [-0.3, -0.25) is 9.59 Å². The molecule has 1 aromatic rings. The first kappa shape index (κ1) is 16.2. The summed E-state index contributed by atoms with van der Waals surface area (Å²) in [6, 6.07) is 8.70. The fourth-order valence-electron chi connectivity index (χ4n) is 1.81. The van der Waals surface area contributed by atoms with Gasteiger partial charge in [0.2, 0.25) is 11.8 Å². The van der Waals surface area contributed by atoms with Crippen molar-refractivity contribution in [3.63, 3.8) is 0 Å². The fourth-order valence-corrected chi connectivity index (χ4v) is 1.81. The maximum Gasteiger partial charge on any atom is 0.242 e. The minimum Gasteiger partial charge on any atom is -0.355 e. The lowest BCUT2D eigenvalue weighted by Gasteiger charge is -2.17. The fraction of sp³-hybridized carbons (Fsp3) is 0.467. The molecule has 5 heteroatoms. The van der Waals surface area contributed by atoms with E-state index in [-0.39, 0.29) is 11.8 Å². The standard InChI is InChI=1S/C15H23N3O2/c1-3-17-14(19)11(2)18-15(20)13(16)10-9-12-7-5-4-6-8-12/h4-8,11,13H,3,9-10,16H2,1-2H3,(H,17,19)(H,18,20)/t11?,13-/m0/s1. The molecule has 0 aliphatic carbocycles. The zero-order chi connectivity index (χ0) is 15.0. The lowest BCUT2D eigenvalue weighted by molar-refractivity contribution is -0.129. The first-order chi connectivity index (χ1) is 9.54. The second-order valence-electron chi connectivity index (χ2n) is 4.76. The Kier molecular flexibility index (Phi) is 6.73. The van der Waals surface area contributed by atoms with Crippen LogP contribution in [0.5, 0.6) is 0 Å².